The maximum Gasteiger partial charge on any atom is 0.227 e. The van der Waals surface area contributed by atoms with Crippen molar-refractivity contribution < 1.29 is 4.79 Å². The number of hydrogen-bond donors (Lipinski definition) is 2. The third-order valence-corrected chi connectivity index (χ3v) is 2.25. The van der Waals surface area contributed by atoms with Crippen molar-refractivity contribution in [3.8, 4) is 0 Å². The van der Waals surface area contributed by atoms with Crippen LogP contribution in [0.1, 0.15) is 6.92 Å². The normalized spacial score (nSPS) is 11.9. The topological polar surface area (TPSA) is 84.1 Å². The van der Waals surface area contributed by atoms with Crippen molar-refractivity contribution in [3.05, 3.63) is 12.3 Å². The Bertz CT molecular complexity index is 368. The maximum absolute atomic E-state index is 11.3. The van der Waals surface area contributed by atoms with Crippen LogP contribution in [0.15, 0.2) is 12.3 Å². The van der Waals surface area contributed by atoms with Crippen LogP contribution in [0.5, 0.6) is 0 Å². The first-order valence-corrected chi connectivity index (χ1v) is 5.06. The molecular weight excluding hydrogens is 206 g/mol. The summed E-state index contributed by atoms with van der Waals surface area (Å²) in [6.45, 7) is 2.39. The van der Waals surface area contributed by atoms with E-state index in [-0.39, 0.29) is 11.8 Å². The van der Waals surface area contributed by atoms with Gasteiger partial charge in [-0.05, 0) is 6.07 Å². The van der Waals surface area contributed by atoms with Crippen LogP contribution >= 0.6 is 0 Å². The Morgan fingerprint density at radius 2 is 2.38 bits per heavy atom. The molecule has 1 aromatic heterocycles. The van der Waals surface area contributed by atoms with Crippen molar-refractivity contribution >= 4 is 17.7 Å². The summed E-state index contributed by atoms with van der Waals surface area (Å²) in [6.07, 6.45) is 1.60. The molecule has 0 aliphatic carbocycles. The third-order valence-electron chi connectivity index (χ3n) is 2.25. The molecule has 1 unspecified atom stereocenters. The first-order chi connectivity index (χ1) is 7.54. The van der Waals surface area contributed by atoms with E-state index in [1.165, 1.54) is 0 Å². The van der Waals surface area contributed by atoms with Crippen LogP contribution < -0.4 is 16.0 Å². The molecule has 0 saturated carbocycles. The molecule has 3 N–H and O–H groups in total. The van der Waals surface area contributed by atoms with E-state index in [9.17, 15) is 4.79 Å². The Balaban J connectivity index is 2.65. The number of nitrogen functional groups attached to an aromatic ring is 1. The fraction of sp³-hybridized carbons (Fsp3) is 0.500. The average molecular weight is 223 g/mol. The molecule has 6 nitrogen and oxygen atoms in total. The lowest BCUT2D eigenvalue weighted by Crippen LogP contribution is -2.35. The predicted molar refractivity (Wildman–Crippen MR) is 62.9 cm³/mol. The summed E-state index contributed by atoms with van der Waals surface area (Å²) in [5.41, 5.74) is 5.56. The Kier molecular flexibility index (Phi) is 4.04. The molecular formula is C10H17N5O. The number of nitrogens with two attached hydrogens (primary N) is 1. The quantitative estimate of drug-likeness (QED) is 0.743. The molecule has 0 bridgehead atoms. The van der Waals surface area contributed by atoms with Gasteiger partial charge in [0.25, 0.3) is 0 Å². The standard InChI is InChI=1S/C10H17N5O/c1-7(9(16)12-2)6-15(3)10-13-5-4-8(11)14-10/h4-5,7H,6H2,1-3H3,(H,12,16)(H2,11,13,14). The second-order valence-corrected chi connectivity index (χ2v) is 3.68. The number of anilines is 2. The van der Waals surface area contributed by atoms with Gasteiger partial charge in [0.15, 0.2) is 0 Å². The summed E-state index contributed by atoms with van der Waals surface area (Å²) in [5, 5.41) is 2.60. The van der Waals surface area contributed by atoms with Crippen molar-refractivity contribution in [1.29, 1.82) is 0 Å². The summed E-state index contributed by atoms with van der Waals surface area (Å²) in [7, 11) is 3.45. The highest BCUT2D eigenvalue weighted by atomic mass is 16.1. The summed E-state index contributed by atoms with van der Waals surface area (Å²) in [5.74, 6) is 0.816. The van der Waals surface area contributed by atoms with E-state index in [0.29, 0.717) is 18.3 Å². The molecule has 1 atom stereocenters. The Morgan fingerprint density at radius 1 is 1.69 bits per heavy atom. The lowest BCUT2D eigenvalue weighted by Gasteiger charge is -2.20. The molecule has 0 aromatic carbocycles. The minimum atomic E-state index is -0.125. The fourth-order valence-electron chi connectivity index (χ4n) is 1.37. The van der Waals surface area contributed by atoms with Gasteiger partial charge >= 0.3 is 0 Å². The van der Waals surface area contributed by atoms with Crippen LogP contribution in [0.3, 0.4) is 0 Å². The molecule has 16 heavy (non-hydrogen) atoms. The van der Waals surface area contributed by atoms with Crippen LogP contribution in [-0.2, 0) is 4.79 Å². The van der Waals surface area contributed by atoms with Gasteiger partial charge in [-0.25, -0.2) is 4.98 Å². The summed E-state index contributed by atoms with van der Waals surface area (Å²) in [4.78, 5) is 21.3. The van der Waals surface area contributed by atoms with Gasteiger partial charge in [0.2, 0.25) is 11.9 Å². The summed E-state index contributed by atoms with van der Waals surface area (Å²) in [6, 6.07) is 1.62. The molecule has 0 fully saturated rings. The Hall–Kier alpha value is -1.85. The minimum absolute atomic E-state index is 0.00393. The molecule has 0 spiro atoms. The molecule has 0 aliphatic rings. The van der Waals surface area contributed by atoms with Gasteiger partial charge in [0, 0.05) is 26.8 Å². The first kappa shape index (κ1) is 12.2. The predicted octanol–water partition coefficient (Wildman–Crippen LogP) is -0.123. The number of nitrogens with one attached hydrogen (secondary N) is 1. The van der Waals surface area contributed by atoms with Crippen molar-refractivity contribution in [2.24, 2.45) is 5.92 Å². The second kappa shape index (κ2) is 5.29. The van der Waals surface area contributed by atoms with E-state index in [4.69, 9.17) is 5.73 Å². The monoisotopic (exact) mass is 223 g/mol. The molecule has 0 aliphatic heterocycles. The van der Waals surface area contributed by atoms with Gasteiger partial charge in [-0.15, -0.1) is 0 Å². The number of aromatic nitrogens is 2. The van der Waals surface area contributed by atoms with Crippen molar-refractivity contribution in [1.82, 2.24) is 15.3 Å². The molecule has 1 aromatic rings. The smallest absolute Gasteiger partial charge is 0.227 e. The Morgan fingerprint density at radius 3 is 2.94 bits per heavy atom. The van der Waals surface area contributed by atoms with Crippen LogP contribution in [0.2, 0.25) is 0 Å². The molecule has 6 heteroatoms. The van der Waals surface area contributed by atoms with Gasteiger partial charge < -0.3 is 16.0 Å². The zero-order chi connectivity index (χ0) is 12.1. The number of carbonyl (C=O) groups is 1. The molecule has 1 rings (SSSR count). The number of rotatable bonds is 4. The van der Waals surface area contributed by atoms with Gasteiger partial charge in [0.1, 0.15) is 5.82 Å². The lowest BCUT2D eigenvalue weighted by atomic mass is 10.1. The zero-order valence-corrected chi connectivity index (χ0v) is 9.77. The van der Waals surface area contributed by atoms with Gasteiger partial charge in [0.05, 0.1) is 5.92 Å². The SMILES string of the molecule is CNC(=O)C(C)CN(C)c1nccc(N)n1. The number of amides is 1. The lowest BCUT2D eigenvalue weighted by molar-refractivity contribution is -0.123. The fourth-order valence-corrected chi connectivity index (χ4v) is 1.37. The molecule has 1 amide bonds. The second-order valence-electron chi connectivity index (χ2n) is 3.68. The van der Waals surface area contributed by atoms with E-state index < -0.39 is 0 Å². The summed E-state index contributed by atoms with van der Waals surface area (Å²) >= 11 is 0. The van der Waals surface area contributed by atoms with Gasteiger partial charge in [-0.3, -0.25) is 4.79 Å². The number of hydrogen-bond acceptors (Lipinski definition) is 5. The molecule has 0 saturated heterocycles. The minimum Gasteiger partial charge on any atom is -0.384 e. The van der Waals surface area contributed by atoms with Crippen LogP contribution in [-0.4, -0.2) is 36.5 Å². The number of nitrogens with zero attached hydrogens (tertiary/aromatic N) is 3. The van der Waals surface area contributed by atoms with Crippen LogP contribution in [0, 0.1) is 5.92 Å². The highest BCUT2D eigenvalue weighted by molar-refractivity contribution is 5.78. The van der Waals surface area contributed by atoms with E-state index in [2.05, 4.69) is 15.3 Å². The zero-order valence-electron chi connectivity index (χ0n) is 9.77. The van der Waals surface area contributed by atoms with Crippen molar-refractivity contribution in [2.45, 2.75) is 6.92 Å². The highest BCUT2D eigenvalue weighted by Gasteiger charge is 2.15. The van der Waals surface area contributed by atoms with E-state index in [1.54, 1.807) is 24.2 Å². The van der Waals surface area contributed by atoms with Gasteiger partial charge in [-0.1, -0.05) is 6.92 Å². The molecule has 0 radical (unpaired) electrons. The van der Waals surface area contributed by atoms with Gasteiger partial charge in [-0.2, -0.15) is 4.98 Å². The first-order valence-electron chi connectivity index (χ1n) is 5.06. The Labute approximate surface area is 94.9 Å². The van der Waals surface area contributed by atoms with E-state index in [0.717, 1.165) is 0 Å². The van der Waals surface area contributed by atoms with Crippen molar-refractivity contribution in [3.63, 3.8) is 0 Å². The maximum atomic E-state index is 11.3. The highest BCUT2D eigenvalue weighted by Crippen LogP contribution is 2.08. The van der Waals surface area contributed by atoms with Crippen LogP contribution in [0.4, 0.5) is 11.8 Å². The van der Waals surface area contributed by atoms with E-state index >= 15 is 0 Å². The largest absolute Gasteiger partial charge is 0.384 e. The van der Waals surface area contributed by atoms with Crippen LogP contribution in [0.25, 0.3) is 0 Å². The third kappa shape index (κ3) is 3.08. The van der Waals surface area contributed by atoms with E-state index in [1.807, 2.05) is 14.0 Å². The average Bonchev–Trinajstić information content (AvgIpc) is 2.27. The molecule has 1 heterocycles. The molecule has 88 valence electrons. The van der Waals surface area contributed by atoms with Crippen molar-refractivity contribution in [2.75, 3.05) is 31.3 Å². The summed E-state index contributed by atoms with van der Waals surface area (Å²) < 4.78 is 0. The number of carbonyl (C=O) groups excluding carboxylic acids is 1.